The van der Waals surface area contributed by atoms with Gasteiger partial charge in [0.1, 0.15) is 5.75 Å². The molecule has 0 bridgehead atoms. The average Bonchev–Trinajstić information content (AvgIpc) is 2.85. The molecule has 1 saturated heterocycles. The van der Waals surface area contributed by atoms with E-state index in [1.54, 1.807) is 31.4 Å². The summed E-state index contributed by atoms with van der Waals surface area (Å²) in [4.78, 5) is 26.5. The Morgan fingerprint density at radius 3 is 2.30 bits per heavy atom. The first kappa shape index (κ1) is 20.7. The Balaban J connectivity index is 1.89. The normalized spacial score (nSPS) is 15.7. The van der Waals surface area contributed by atoms with Gasteiger partial charge in [0.2, 0.25) is 0 Å². The Morgan fingerprint density at radius 2 is 1.74 bits per heavy atom. The predicted molar refractivity (Wildman–Crippen MR) is 116 cm³/mol. The molecule has 2 amide bonds. The monoisotopic (exact) mass is 549 g/mol. The molecular formula is C18H11Br2Cl2NO3S. The molecule has 0 radical (unpaired) electrons. The summed E-state index contributed by atoms with van der Waals surface area (Å²) < 4.78 is 6.73. The van der Waals surface area contributed by atoms with Crippen LogP contribution in [0.4, 0.5) is 4.79 Å². The molecule has 0 aromatic heterocycles. The number of imide groups is 1. The molecule has 1 aliphatic rings. The third kappa shape index (κ3) is 4.38. The number of ether oxygens (including phenoxy) is 1. The van der Waals surface area contributed by atoms with Gasteiger partial charge in [0.05, 0.1) is 27.5 Å². The highest BCUT2D eigenvalue weighted by atomic mass is 79.9. The van der Waals surface area contributed by atoms with E-state index in [2.05, 4.69) is 31.9 Å². The number of rotatable bonds is 4. The molecule has 3 rings (SSSR count). The fraction of sp³-hybridized carbons (Fsp3) is 0.111. The van der Waals surface area contributed by atoms with Crippen LogP contribution in [0.15, 0.2) is 44.2 Å². The van der Waals surface area contributed by atoms with Crippen molar-refractivity contribution in [3.63, 3.8) is 0 Å². The largest absolute Gasteiger partial charge is 0.494 e. The molecule has 4 nitrogen and oxygen atoms in total. The van der Waals surface area contributed by atoms with Crippen molar-refractivity contribution < 1.29 is 14.3 Å². The fourth-order valence-corrected chi connectivity index (χ4v) is 5.39. The number of thioether (sulfide) groups is 1. The first-order valence-electron chi connectivity index (χ1n) is 7.53. The number of hydrogen-bond donors (Lipinski definition) is 0. The van der Waals surface area contributed by atoms with Crippen LogP contribution in [0.25, 0.3) is 6.08 Å². The second-order valence-electron chi connectivity index (χ2n) is 5.49. The molecule has 1 aliphatic heterocycles. The summed E-state index contributed by atoms with van der Waals surface area (Å²) in [5.74, 6) is 0.262. The van der Waals surface area contributed by atoms with E-state index >= 15 is 0 Å². The van der Waals surface area contributed by atoms with E-state index < -0.39 is 0 Å². The van der Waals surface area contributed by atoms with Gasteiger partial charge in [-0.3, -0.25) is 14.5 Å². The second-order valence-corrected chi connectivity index (χ2v) is 9.00. The van der Waals surface area contributed by atoms with Gasteiger partial charge in [-0.2, -0.15) is 0 Å². The van der Waals surface area contributed by atoms with Gasteiger partial charge in [0, 0.05) is 15.6 Å². The molecule has 1 heterocycles. The Hall–Kier alpha value is -0.990. The molecule has 140 valence electrons. The van der Waals surface area contributed by atoms with Crippen molar-refractivity contribution in [1.82, 2.24) is 4.90 Å². The molecule has 9 heteroatoms. The van der Waals surface area contributed by atoms with Crippen LogP contribution in [0, 0.1) is 0 Å². The number of carbonyl (C=O) groups is 2. The van der Waals surface area contributed by atoms with E-state index in [1.807, 2.05) is 12.1 Å². The number of amides is 2. The van der Waals surface area contributed by atoms with Crippen molar-refractivity contribution in [2.45, 2.75) is 6.54 Å². The van der Waals surface area contributed by atoms with Crippen molar-refractivity contribution in [1.29, 1.82) is 0 Å². The SMILES string of the molecule is COc1c(Br)cc(/C=C2\SC(=O)N(Cc3c(Cl)cccc3Cl)C2=O)cc1Br. The quantitative estimate of drug-likeness (QED) is 0.394. The minimum Gasteiger partial charge on any atom is -0.494 e. The van der Waals surface area contributed by atoms with E-state index in [4.69, 9.17) is 27.9 Å². The number of methoxy groups -OCH3 is 1. The van der Waals surface area contributed by atoms with Crippen LogP contribution in [0.1, 0.15) is 11.1 Å². The van der Waals surface area contributed by atoms with E-state index in [9.17, 15) is 9.59 Å². The Kier molecular flexibility index (Phi) is 6.58. The van der Waals surface area contributed by atoms with Crippen LogP contribution in [-0.4, -0.2) is 23.2 Å². The Morgan fingerprint density at radius 1 is 1.15 bits per heavy atom. The zero-order chi connectivity index (χ0) is 19.7. The summed E-state index contributed by atoms with van der Waals surface area (Å²) >= 11 is 20.0. The van der Waals surface area contributed by atoms with Crippen molar-refractivity contribution in [3.05, 3.63) is 65.4 Å². The Labute approximate surface area is 187 Å². The number of benzene rings is 2. The smallest absolute Gasteiger partial charge is 0.293 e. The zero-order valence-electron chi connectivity index (χ0n) is 13.8. The van der Waals surface area contributed by atoms with Crippen LogP contribution in [0.2, 0.25) is 10.0 Å². The molecule has 0 unspecified atom stereocenters. The highest BCUT2D eigenvalue weighted by Crippen LogP contribution is 2.38. The molecule has 0 aliphatic carbocycles. The molecule has 2 aromatic carbocycles. The van der Waals surface area contributed by atoms with Crippen molar-refractivity contribution in [3.8, 4) is 5.75 Å². The molecule has 0 spiro atoms. The lowest BCUT2D eigenvalue weighted by atomic mass is 10.2. The number of nitrogens with zero attached hydrogens (tertiary/aromatic N) is 1. The maximum Gasteiger partial charge on any atom is 0.293 e. The summed E-state index contributed by atoms with van der Waals surface area (Å²) in [5.41, 5.74) is 1.29. The fourth-order valence-electron chi connectivity index (χ4n) is 2.49. The van der Waals surface area contributed by atoms with E-state index in [0.29, 0.717) is 26.3 Å². The van der Waals surface area contributed by atoms with Gasteiger partial charge >= 0.3 is 0 Å². The maximum atomic E-state index is 12.7. The number of hydrogen-bond acceptors (Lipinski definition) is 4. The molecule has 27 heavy (non-hydrogen) atoms. The van der Waals surface area contributed by atoms with Crippen molar-refractivity contribution >= 4 is 84.0 Å². The van der Waals surface area contributed by atoms with Gasteiger partial charge < -0.3 is 4.74 Å². The summed E-state index contributed by atoms with van der Waals surface area (Å²) in [5, 5.41) is 0.455. The second kappa shape index (κ2) is 8.57. The third-order valence-electron chi connectivity index (χ3n) is 3.77. The zero-order valence-corrected chi connectivity index (χ0v) is 19.3. The van der Waals surface area contributed by atoms with Crippen molar-refractivity contribution in [2.75, 3.05) is 7.11 Å². The topological polar surface area (TPSA) is 46.6 Å². The first-order chi connectivity index (χ1) is 12.8. The van der Waals surface area contributed by atoms with Crippen LogP contribution < -0.4 is 4.74 Å². The lowest BCUT2D eigenvalue weighted by Crippen LogP contribution is -2.27. The molecular weight excluding hydrogens is 541 g/mol. The maximum absolute atomic E-state index is 12.7. The summed E-state index contributed by atoms with van der Waals surface area (Å²) in [6.07, 6.45) is 1.66. The summed E-state index contributed by atoms with van der Waals surface area (Å²) in [7, 11) is 1.57. The average molecular weight is 552 g/mol. The lowest BCUT2D eigenvalue weighted by molar-refractivity contribution is -0.123. The highest BCUT2D eigenvalue weighted by Gasteiger charge is 2.35. The Bertz CT molecular complexity index is 938. The van der Waals surface area contributed by atoms with Crippen LogP contribution in [0.5, 0.6) is 5.75 Å². The van der Waals surface area contributed by atoms with Gasteiger partial charge in [0.25, 0.3) is 11.1 Å². The molecule has 0 saturated carbocycles. The van der Waals surface area contributed by atoms with Gasteiger partial charge in [-0.25, -0.2) is 0 Å². The summed E-state index contributed by atoms with van der Waals surface area (Å²) in [6, 6.07) is 8.67. The van der Waals surface area contributed by atoms with Gasteiger partial charge in [-0.15, -0.1) is 0 Å². The predicted octanol–water partition coefficient (Wildman–Crippen LogP) is 6.76. The standard InChI is InChI=1S/C18H11Br2Cl2NO3S/c1-26-16-11(19)5-9(6-12(16)20)7-15-17(24)23(18(25)27-15)8-10-13(21)3-2-4-14(10)22/h2-7H,8H2,1H3/b15-7-. The summed E-state index contributed by atoms with van der Waals surface area (Å²) in [6.45, 7) is 0.0243. The first-order valence-corrected chi connectivity index (χ1v) is 10.7. The van der Waals surface area contributed by atoms with Crippen LogP contribution in [0.3, 0.4) is 0 Å². The molecule has 0 atom stereocenters. The number of halogens is 4. The highest BCUT2D eigenvalue weighted by molar-refractivity contribution is 9.11. The minimum atomic E-state index is -0.385. The van der Waals surface area contributed by atoms with Gasteiger partial charge in [-0.05, 0) is 79.5 Å². The van der Waals surface area contributed by atoms with Crippen LogP contribution >= 0.6 is 66.8 Å². The van der Waals surface area contributed by atoms with Crippen LogP contribution in [-0.2, 0) is 11.3 Å². The molecule has 2 aromatic rings. The van der Waals surface area contributed by atoms with Gasteiger partial charge in [0.15, 0.2) is 0 Å². The van der Waals surface area contributed by atoms with E-state index in [1.165, 1.54) is 0 Å². The third-order valence-corrected chi connectivity index (χ3v) is 6.57. The number of carbonyl (C=O) groups excluding carboxylic acids is 2. The lowest BCUT2D eigenvalue weighted by Gasteiger charge is -2.14. The minimum absolute atomic E-state index is 0.0243. The van der Waals surface area contributed by atoms with Crippen molar-refractivity contribution in [2.24, 2.45) is 0 Å². The van der Waals surface area contributed by atoms with E-state index in [-0.39, 0.29) is 17.7 Å². The van der Waals surface area contributed by atoms with E-state index in [0.717, 1.165) is 31.2 Å². The molecule has 1 fully saturated rings. The molecule has 0 N–H and O–H groups in total. The van der Waals surface area contributed by atoms with Gasteiger partial charge in [-0.1, -0.05) is 29.3 Å².